The first kappa shape index (κ1) is 11.2. The van der Waals surface area contributed by atoms with E-state index in [0.29, 0.717) is 13.2 Å². The summed E-state index contributed by atoms with van der Waals surface area (Å²) in [4.78, 5) is 0. The van der Waals surface area contributed by atoms with Crippen molar-refractivity contribution >= 4 is 15.9 Å². The maximum Gasteiger partial charge on any atom is 0.157 e. The highest BCUT2D eigenvalue weighted by atomic mass is 79.9. The van der Waals surface area contributed by atoms with Crippen LogP contribution in [0.4, 0.5) is 0 Å². The van der Waals surface area contributed by atoms with Gasteiger partial charge in [0.05, 0.1) is 18.1 Å². The van der Waals surface area contributed by atoms with E-state index in [1.54, 1.807) is 10.9 Å². The van der Waals surface area contributed by atoms with Gasteiger partial charge in [0, 0.05) is 11.0 Å². The minimum absolute atomic E-state index is 0.503. The van der Waals surface area contributed by atoms with Crippen molar-refractivity contribution in [2.45, 2.75) is 0 Å². The third kappa shape index (κ3) is 2.62. The fourth-order valence-electron chi connectivity index (χ4n) is 1.29. The van der Waals surface area contributed by atoms with Crippen LogP contribution < -0.4 is 10.5 Å². The standard InChI is InChI=1S/C11H12BrN3O/c12-9-1-3-10(4-2-9)15-8-11(7-14-15)16-6-5-13/h1-4,7-8H,5-6,13H2. The number of hydrogen-bond donors (Lipinski definition) is 1. The molecule has 0 amide bonds. The van der Waals surface area contributed by atoms with Gasteiger partial charge in [-0.05, 0) is 24.3 Å². The first-order valence-corrected chi connectivity index (χ1v) is 5.72. The highest BCUT2D eigenvalue weighted by Gasteiger charge is 2.01. The second-order valence-electron chi connectivity index (χ2n) is 3.23. The molecule has 0 saturated carbocycles. The summed E-state index contributed by atoms with van der Waals surface area (Å²) in [6, 6.07) is 7.89. The second kappa shape index (κ2) is 5.14. The van der Waals surface area contributed by atoms with Crippen molar-refractivity contribution in [1.29, 1.82) is 0 Å². The number of nitrogens with two attached hydrogens (primary N) is 1. The molecule has 0 fully saturated rings. The Morgan fingerprint density at radius 1 is 1.31 bits per heavy atom. The van der Waals surface area contributed by atoms with Gasteiger partial charge in [-0.1, -0.05) is 15.9 Å². The lowest BCUT2D eigenvalue weighted by Gasteiger charge is -2.01. The Morgan fingerprint density at radius 2 is 2.06 bits per heavy atom. The number of halogens is 1. The van der Waals surface area contributed by atoms with Crippen molar-refractivity contribution < 1.29 is 4.74 Å². The molecule has 0 radical (unpaired) electrons. The summed E-state index contributed by atoms with van der Waals surface area (Å²) in [7, 11) is 0. The van der Waals surface area contributed by atoms with Gasteiger partial charge >= 0.3 is 0 Å². The average Bonchev–Trinajstić information content (AvgIpc) is 2.76. The van der Waals surface area contributed by atoms with E-state index in [0.717, 1.165) is 15.9 Å². The van der Waals surface area contributed by atoms with Crippen molar-refractivity contribution in [2.75, 3.05) is 13.2 Å². The van der Waals surface area contributed by atoms with Crippen LogP contribution in [0.2, 0.25) is 0 Å². The zero-order valence-corrected chi connectivity index (χ0v) is 10.2. The number of ether oxygens (including phenoxy) is 1. The fraction of sp³-hybridized carbons (Fsp3) is 0.182. The number of hydrogen-bond acceptors (Lipinski definition) is 3. The molecule has 16 heavy (non-hydrogen) atoms. The third-order valence-electron chi connectivity index (χ3n) is 2.04. The smallest absolute Gasteiger partial charge is 0.157 e. The van der Waals surface area contributed by atoms with Gasteiger partial charge in [-0.15, -0.1) is 0 Å². The van der Waals surface area contributed by atoms with Gasteiger partial charge in [0.25, 0.3) is 0 Å². The Hall–Kier alpha value is -1.33. The Bertz CT molecular complexity index is 453. The molecule has 0 bridgehead atoms. The molecule has 0 unspecified atom stereocenters. The molecular weight excluding hydrogens is 270 g/mol. The summed E-state index contributed by atoms with van der Waals surface area (Å²) in [6.45, 7) is 1.01. The van der Waals surface area contributed by atoms with Gasteiger partial charge in [0.2, 0.25) is 0 Å². The lowest BCUT2D eigenvalue weighted by Crippen LogP contribution is -2.10. The quantitative estimate of drug-likeness (QED) is 0.932. The second-order valence-corrected chi connectivity index (χ2v) is 4.15. The molecule has 2 aromatic rings. The monoisotopic (exact) mass is 281 g/mol. The predicted octanol–water partition coefficient (Wildman–Crippen LogP) is 1.97. The van der Waals surface area contributed by atoms with Crippen LogP contribution in [0.5, 0.6) is 5.75 Å². The van der Waals surface area contributed by atoms with Gasteiger partial charge in [-0.25, -0.2) is 4.68 Å². The molecule has 4 nitrogen and oxygen atoms in total. The molecule has 0 aliphatic rings. The Balaban J connectivity index is 2.15. The summed E-state index contributed by atoms with van der Waals surface area (Å²) in [6.07, 6.45) is 3.51. The maximum atomic E-state index is 5.36. The maximum absolute atomic E-state index is 5.36. The van der Waals surface area contributed by atoms with Gasteiger partial charge in [0.1, 0.15) is 6.61 Å². The Labute approximate surface area is 102 Å². The van der Waals surface area contributed by atoms with Gasteiger partial charge in [-0.2, -0.15) is 5.10 Å². The number of rotatable bonds is 4. The lowest BCUT2D eigenvalue weighted by atomic mass is 10.3. The minimum atomic E-state index is 0.503. The molecule has 5 heteroatoms. The van der Waals surface area contributed by atoms with E-state index in [2.05, 4.69) is 21.0 Å². The van der Waals surface area contributed by atoms with E-state index in [1.165, 1.54) is 0 Å². The highest BCUT2D eigenvalue weighted by molar-refractivity contribution is 9.10. The normalized spacial score (nSPS) is 10.4. The van der Waals surface area contributed by atoms with E-state index < -0.39 is 0 Å². The molecule has 0 aliphatic carbocycles. The molecule has 0 spiro atoms. The zero-order valence-electron chi connectivity index (χ0n) is 8.64. The van der Waals surface area contributed by atoms with Crippen molar-refractivity contribution in [1.82, 2.24) is 9.78 Å². The first-order valence-electron chi connectivity index (χ1n) is 4.93. The number of benzene rings is 1. The van der Waals surface area contributed by atoms with Crippen LogP contribution in [-0.4, -0.2) is 22.9 Å². The van der Waals surface area contributed by atoms with Gasteiger partial charge in [0.15, 0.2) is 5.75 Å². The van der Waals surface area contributed by atoms with Crippen LogP contribution in [-0.2, 0) is 0 Å². The summed E-state index contributed by atoms with van der Waals surface area (Å²) >= 11 is 3.39. The molecular formula is C11H12BrN3O. The molecule has 84 valence electrons. The SMILES string of the molecule is NCCOc1cnn(-c2ccc(Br)cc2)c1. The minimum Gasteiger partial charge on any atom is -0.489 e. The lowest BCUT2D eigenvalue weighted by molar-refractivity contribution is 0.328. The summed E-state index contributed by atoms with van der Waals surface area (Å²) in [5.74, 6) is 0.730. The molecule has 0 atom stereocenters. The largest absolute Gasteiger partial charge is 0.489 e. The Morgan fingerprint density at radius 3 is 2.75 bits per heavy atom. The van der Waals surface area contributed by atoms with Crippen molar-refractivity contribution in [3.05, 3.63) is 41.1 Å². The topological polar surface area (TPSA) is 53.1 Å². The molecule has 2 rings (SSSR count). The van der Waals surface area contributed by atoms with Crippen LogP contribution in [0, 0.1) is 0 Å². The third-order valence-corrected chi connectivity index (χ3v) is 2.57. The van der Waals surface area contributed by atoms with E-state index in [1.807, 2.05) is 30.5 Å². The number of nitrogens with zero attached hydrogens (tertiary/aromatic N) is 2. The fourth-order valence-corrected chi connectivity index (χ4v) is 1.56. The molecule has 1 aromatic carbocycles. The zero-order chi connectivity index (χ0) is 11.4. The molecule has 2 N–H and O–H groups in total. The molecule has 1 aromatic heterocycles. The van der Waals surface area contributed by atoms with Crippen LogP contribution >= 0.6 is 15.9 Å². The molecule has 1 heterocycles. The van der Waals surface area contributed by atoms with Crippen molar-refractivity contribution in [2.24, 2.45) is 5.73 Å². The van der Waals surface area contributed by atoms with Gasteiger partial charge < -0.3 is 10.5 Å². The van der Waals surface area contributed by atoms with Gasteiger partial charge in [-0.3, -0.25) is 0 Å². The summed E-state index contributed by atoms with van der Waals surface area (Å²) in [5.41, 5.74) is 6.34. The van der Waals surface area contributed by atoms with E-state index >= 15 is 0 Å². The summed E-state index contributed by atoms with van der Waals surface area (Å²) < 4.78 is 8.17. The van der Waals surface area contributed by atoms with Crippen molar-refractivity contribution in [3.63, 3.8) is 0 Å². The predicted molar refractivity (Wildman–Crippen MR) is 65.8 cm³/mol. The van der Waals surface area contributed by atoms with E-state index in [9.17, 15) is 0 Å². The molecule has 0 aliphatic heterocycles. The van der Waals surface area contributed by atoms with E-state index in [-0.39, 0.29) is 0 Å². The van der Waals surface area contributed by atoms with Crippen LogP contribution in [0.1, 0.15) is 0 Å². The van der Waals surface area contributed by atoms with Crippen LogP contribution in [0.25, 0.3) is 5.69 Å². The van der Waals surface area contributed by atoms with Crippen LogP contribution in [0.15, 0.2) is 41.1 Å². The van der Waals surface area contributed by atoms with Crippen molar-refractivity contribution in [3.8, 4) is 11.4 Å². The highest BCUT2D eigenvalue weighted by Crippen LogP contribution is 2.16. The average molecular weight is 282 g/mol. The summed E-state index contributed by atoms with van der Waals surface area (Å²) in [5, 5.41) is 4.20. The number of aromatic nitrogens is 2. The molecule has 0 saturated heterocycles. The van der Waals surface area contributed by atoms with Crippen LogP contribution in [0.3, 0.4) is 0 Å². The van der Waals surface area contributed by atoms with E-state index in [4.69, 9.17) is 10.5 Å². The Kier molecular flexibility index (Phi) is 3.58. The first-order chi connectivity index (χ1) is 7.79.